The molecule has 32 heavy (non-hydrogen) atoms. The van der Waals surface area contributed by atoms with E-state index in [4.69, 9.17) is 0 Å². The Labute approximate surface area is 191 Å². The highest BCUT2D eigenvalue weighted by atomic mass is 16.2. The number of benzene rings is 1. The van der Waals surface area contributed by atoms with Crippen LogP contribution in [0.3, 0.4) is 0 Å². The fraction of sp³-hybridized carbons (Fsp3) is 0.640. The van der Waals surface area contributed by atoms with E-state index in [-0.39, 0.29) is 23.8 Å². The second-order valence-electron chi connectivity index (χ2n) is 10.2. The molecule has 0 radical (unpaired) electrons. The average molecular weight is 443 g/mol. The number of nitrogens with zero attached hydrogens (tertiary/aromatic N) is 1. The third-order valence-electron chi connectivity index (χ3n) is 6.75. The van der Waals surface area contributed by atoms with Crippen LogP contribution in [0.2, 0.25) is 0 Å². The summed E-state index contributed by atoms with van der Waals surface area (Å²) in [6.07, 6.45) is 4.41. The van der Waals surface area contributed by atoms with Crippen LogP contribution in [0.25, 0.3) is 0 Å². The van der Waals surface area contributed by atoms with Gasteiger partial charge in [0.2, 0.25) is 17.7 Å². The molecule has 7 nitrogen and oxygen atoms in total. The molecule has 0 unspecified atom stereocenters. The SMILES string of the molecule is CN[C@H](C)C(=O)N[C@H](C(=O)N1CCC[C@H]1C(=O)N[C@@H]1CCCc2ccccc21)C(C)(C)C. The second kappa shape index (κ2) is 10.0. The first-order chi connectivity index (χ1) is 15.1. The summed E-state index contributed by atoms with van der Waals surface area (Å²) >= 11 is 0. The number of aryl methyl sites for hydroxylation is 1. The first-order valence-electron chi connectivity index (χ1n) is 11.8. The van der Waals surface area contributed by atoms with E-state index < -0.39 is 23.5 Å². The molecule has 1 aliphatic heterocycles. The Balaban J connectivity index is 1.74. The zero-order valence-electron chi connectivity index (χ0n) is 20.0. The Morgan fingerprint density at radius 1 is 1.09 bits per heavy atom. The lowest BCUT2D eigenvalue weighted by atomic mass is 9.85. The molecule has 1 aromatic rings. The summed E-state index contributed by atoms with van der Waals surface area (Å²) in [5.41, 5.74) is 1.99. The van der Waals surface area contributed by atoms with Crippen LogP contribution in [-0.2, 0) is 20.8 Å². The molecule has 1 aliphatic carbocycles. The highest BCUT2D eigenvalue weighted by Crippen LogP contribution is 2.31. The number of carbonyl (C=O) groups excluding carboxylic acids is 3. The van der Waals surface area contributed by atoms with Crippen molar-refractivity contribution in [2.75, 3.05) is 13.6 Å². The number of hydrogen-bond acceptors (Lipinski definition) is 4. The van der Waals surface area contributed by atoms with Crippen LogP contribution in [0.15, 0.2) is 24.3 Å². The van der Waals surface area contributed by atoms with Gasteiger partial charge in [0.25, 0.3) is 0 Å². The van der Waals surface area contributed by atoms with Crippen LogP contribution in [0.4, 0.5) is 0 Å². The molecular formula is C25H38N4O3. The number of likely N-dealkylation sites (tertiary alicyclic amines) is 1. The zero-order valence-corrected chi connectivity index (χ0v) is 20.0. The van der Waals surface area contributed by atoms with Gasteiger partial charge >= 0.3 is 0 Å². The Bertz CT molecular complexity index is 848. The van der Waals surface area contributed by atoms with E-state index >= 15 is 0 Å². The standard InChI is InChI=1S/C25H38N4O3/c1-16(26-5)22(30)28-21(25(2,3)4)24(32)29-15-9-14-20(29)23(31)27-19-13-8-11-17-10-6-7-12-18(17)19/h6-7,10,12,16,19-21,26H,8-9,11,13-15H2,1-5H3,(H,27,31)(H,28,30)/t16-,19-,20+,21-/m1/s1. The topological polar surface area (TPSA) is 90.5 Å². The molecule has 2 aliphatic rings. The molecule has 7 heteroatoms. The number of carbonyl (C=O) groups is 3. The molecule has 1 saturated heterocycles. The van der Waals surface area contributed by atoms with Crippen LogP contribution in [0, 0.1) is 5.41 Å². The van der Waals surface area contributed by atoms with E-state index in [9.17, 15) is 14.4 Å². The van der Waals surface area contributed by atoms with Crippen LogP contribution < -0.4 is 16.0 Å². The van der Waals surface area contributed by atoms with Gasteiger partial charge in [-0.1, -0.05) is 45.0 Å². The number of amides is 3. The van der Waals surface area contributed by atoms with Crippen molar-refractivity contribution in [2.24, 2.45) is 5.41 Å². The molecule has 3 rings (SSSR count). The summed E-state index contributed by atoms with van der Waals surface area (Å²) in [5.74, 6) is -0.504. The monoisotopic (exact) mass is 442 g/mol. The van der Waals surface area contributed by atoms with Crippen molar-refractivity contribution in [3.05, 3.63) is 35.4 Å². The van der Waals surface area contributed by atoms with Crippen LogP contribution in [0.1, 0.15) is 70.5 Å². The normalized spacial score (nSPS) is 22.6. The maximum absolute atomic E-state index is 13.6. The second-order valence-corrected chi connectivity index (χ2v) is 10.2. The fourth-order valence-electron chi connectivity index (χ4n) is 4.69. The van der Waals surface area contributed by atoms with Crippen molar-refractivity contribution in [1.29, 1.82) is 0 Å². The minimum absolute atomic E-state index is 0.0143. The largest absolute Gasteiger partial charge is 0.347 e. The van der Waals surface area contributed by atoms with Crippen molar-refractivity contribution in [3.63, 3.8) is 0 Å². The van der Waals surface area contributed by atoms with Gasteiger partial charge in [0, 0.05) is 6.54 Å². The van der Waals surface area contributed by atoms with Crippen molar-refractivity contribution in [2.45, 2.75) is 84.0 Å². The van der Waals surface area contributed by atoms with Crippen LogP contribution in [0.5, 0.6) is 0 Å². The van der Waals surface area contributed by atoms with Gasteiger partial charge in [0.05, 0.1) is 12.1 Å². The molecule has 0 saturated carbocycles. The van der Waals surface area contributed by atoms with Crippen molar-refractivity contribution in [1.82, 2.24) is 20.9 Å². The predicted octanol–water partition coefficient (Wildman–Crippen LogP) is 2.31. The van der Waals surface area contributed by atoms with Gasteiger partial charge < -0.3 is 20.9 Å². The summed E-state index contributed by atoms with van der Waals surface area (Å²) < 4.78 is 0. The molecule has 1 heterocycles. The first-order valence-corrected chi connectivity index (χ1v) is 11.8. The lowest BCUT2D eigenvalue weighted by Crippen LogP contribution is -2.59. The Kier molecular flexibility index (Phi) is 7.59. The molecule has 1 aromatic carbocycles. The number of rotatable bonds is 6. The highest BCUT2D eigenvalue weighted by molar-refractivity contribution is 5.94. The lowest BCUT2D eigenvalue weighted by Gasteiger charge is -2.36. The third-order valence-corrected chi connectivity index (χ3v) is 6.75. The maximum Gasteiger partial charge on any atom is 0.246 e. The number of fused-ring (bicyclic) bond motifs is 1. The molecule has 3 N–H and O–H groups in total. The molecule has 176 valence electrons. The summed E-state index contributed by atoms with van der Waals surface area (Å²) in [5, 5.41) is 9.04. The van der Waals surface area contributed by atoms with Crippen LogP contribution in [-0.4, -0.2) is 54.3 Å². The van der Waals surface area contributed by atoms with E-state index in [0.717, 1.165) is 25.7 Å². The van der Waals surface area contributed by atoms with Gasteiger partial charge in [-0.25, -0.2) is 0 Å². The minimum Gasteiger partial charge on any atom is -0.347 e. The van der Waals surface area contributed by atoms with Gasteiger partial charge in [-0.3, -0.25) is 14.4 Å². The number of hydrogen-bond donors (Lipinski definition) is 3. The summed E-state index contributed by atoms with van der Waals surface area (Å²) in [4.78, 5) is 41.0. The van der Waals surface area contributed by atoms with E-state index in [2.05, 4.69) is 28.1 Å². The van der Waals surface area contributed by atoms with Crippen molar-refractivity contribution < 1.29 is 14.4 Å². The van der Waals surface area contributed by atoms with Crippen molar-refractivity contribution in [3.8, 4) is 0 Å². The third kappa shape index (κ3) is 5.31. The molecule has 4 atom stereocenters. The van der Waals surface area contributed by atoms with Crippen LogP contribution >= 0.6 is 0 Å². The summed E-state index contributed by atoms with van der Waals surface area (Å²) in [6, 6.07) is 6.65. The van der Waals surface area contributed by atoms with E-state index in [1.54, 1.807) is 18.9 Å². The minimum atomic E-state index is -0.699. The smallest absolute Gasteiger partial charge is 0.246 e. The molecule has 3 amide bonds. The molecular weight excluding hydrogens is 404 g/mol. The fourth-order valence-corrected chi connectivity index (χ4v) is 4.69. The Hall–Kier alpha value is -2.41. The van der Waals surface area contributed by atoms with Gasteiger partial charge in [-0.2, -0.15) is 0 Å². The number of nitrogens with one attached hydrogen (secondary N) is 3. The molecule has 0 bridgehead atoms. The lowest BCUT2D eigenvalue weighted by molar-refractivity contribution is -0.144. The Morgan fingerprint density at radius 3 is 2.50 bits per heavy atom. The first kappa shape index (κ1) is 24.2. The van der Waals surface area contributed by atoms with Gasteiger partial charge in [-0.15, -0.1) is 0 Å². The van der Waals surface area contributed by atoms with Gasteiger partial charge in [-0.05, 0) is 62.6 Å². The van der Waals surface area contributed by atoms with E-state index in [1.165, 1.54) is 11.1 Å². The zero-order chi connectivity index (χ0) is 23.5. The van der Waals surface area contributed by atoms with E-state index in [1.807, 2.05) is 32.9 Å². The van der Waals surface area contributed by atoms with E-state index in [0.29, 0.717) is 13.0 Å². The predicted molar refractivity (Wildman–Crippen MR) is 125 cm³/mol. The molecule has 0 aromatic heterocycles. The quantitative estimate of drug-likeness (QED) is 0.631. The van der Waals surface area contributed by atoms with Crippen molar-refractivity contribution >= 4 is 17.7 Å². The average Bonchev–Trinajstić information content (AvgIpc) is 3.26. The summed E-state index contributed by atoms with van der Waals surface area (Å²) in [6.45, 7) is 8.09. The molecule has 1 fully saturated rings. The number of likely N-dealkylation sites (N-methyl/N-ethyl adjacent to an activating group) is 1. The maximum atomic E-state index is 13.6. The molecule has 0 spiro atoms. The van der Waals surface area contributed by atoms with Gasteiger partial charge in [0.15, 0.2) is 0 Å². The Morgan fingerprint density at radius 2 is 1.81 bits per heavy atom. The summed E-state index contributed by atoms with van der Waals surface area (Å²) in [7, 11) is 1.71. The highest BCUT2D eigenvalue weighted by Gasteiger charge is 2.42. The van der Waals surface area contributed by atoms with Gasteiger partial charge in [0.1, 0.15) is 12.1 Å².